The number of amides is 1. The SMILES string of the molecule is CC(C)(CC(=O)N1CCN(c2ccc(F)c(Cl)c2)CC1)N1CCNCC1. The number of carbonyl (C=O) groups is 1. The van der Waals surface area contributed by atoms with Gasteiger partial charge in [0.25, 0.3) is 0 Å². The summed E-state index contributed by atoms with van der Waals surface area (Å²) in [6.45, 7) is 11.1. The van der Waals surface area contributed by atoms with Gasteiger partial charge in [0, 0.05) is 70.0 Å². The van der Waals surface area contributed by atoms with Crippen LogP contribution in [0.1, 0.15) is 20.3 Å². The number of anilines is 1. The van der Waals surface area contributed by atoms with Gasteiger partial charge in [-0.15, -0.1) is 0 Å². The van der Waals surface area contributed by atoms with Crippen LogP contribution in [0.15, 0.2) is 18.2 Å². The number of nitrogens with zero attached hydrogens (tertiary/aromatic N) is 3. The molecule has 0 unspecified atom stereocenters. The van der Waals surface area contributed by atoms with E-state index in [2.05, 4.69) is 29.0 Å². The normalized spacial score (nSPS) is 19.7. The molecule has 5 nitrogen and oxygen atoms in total. The maximum atomic E-state index is 13.3. The second-order valence-electron chi connectivity index (χ2n) is 7.69. The summed E-state index contributed by atoms with van der Waals surface area (Å²) in [7, 11) is 0. The third-order valence-corrected chi connectivity index (χ3v) is 5.75. The van der Waals surface area contributed by atoms with Gasteiger partial charge >= 0.3 is 0 Å². The van der Waals surface area contributed by atoms with Crippen LogP contribution in [0, 0.1) is 5.82 Å². The molecule has 1 N–H and O–H groups in total. The summed E-state index contributed by atoms with van der Waals surface area (Å²) in [5.41, 5.74) is 0.783. The molecule has 26 heavy (non-hydrogen) atoms. The standard InChI is InChI=1S/C19H28ClFN4O/c1-19(2,25-7-5-22-6-8-25)14-18(26)24-11-9-23(10-12-24)15-3-4-17(21)16(20)13-15/h3-4,13,22H,5-12,14H2,1-2H3. The van der Waals surface area contributed by atoms with Crippen molar-refractivity contribution < 1.29 is 9.18 Å². The zero-order chi connectivity index (χ0) is 18.7. The Kier molecular flexibility index (Phi) is 6.05. The molecule has 3 rings (SSSR count). The van der Waals surface area contributed by atoms with E-state index in [1.54, 1.807) is 12.1 Å². The van der Waals surface area contributed by atoms with Crippen LogP contribution in [0.25, 0.3) is 0 Å². The first-order valence-corrected chi connectivity index (χ1v) is 9.68. The number of rotatable bonds is 4. The first kappa shape index (κ1) is 19.4. The molecule has 1 aromatic rings. The summed E-state index contributed by atoms with van der Waals surface area (Å²) in [5, 5.41) is 3.49. The average molecular weight is 383 g/mol. The first-order valence-electron chi connectivity index (χ1n) is 9.30. The Balaban J connectivity index is 1.53. The summed E-state index contributed by atoms with van der Waals surface area (Å²) in [4.78, 5) is 19.3. The van der Waals surface area contributed by atoms with Crippen molar-refractivity contribution in [2.45, 2.75) is 25.8 Å². The van der Waals surface area contributed by atoms with Gasteiger partial charge in [0.05, 0.1) is 5.02 Å². The molecule has 2 fully saturated rings. The number of hydrogen-bond donors (Lipinski definition) is 1. The van der Waals surface area contributed by atoms with Crippen LogP contribution < -0.4 is 10.2 Å². The Morgan fingerprint density at radius 1 is 1.15 bits per heavy atom. The van der Waals surface area contributed by atoms with Crippen LogP contribution in [-0.4, -0.2) is 73.6 Å². The molecule has 0 atom stereocenters. The quantitative estimate of drug-likeness (QED) is 0.866. The van der Waals surface area contributed by atoms with E-state index >= 15 is 0 Å². The molecular weight excluding hydrogens is 355 g/mol. The molecule has 2 aliphatic rings. The van der Waals surface area contributed by atoms with E-state index in [1.165, 1.54) is 6.07 Å². The summed E-state index contributed by atoms with van der Waals surface area (Å²) in [6, 6.07) is 4.79. The van der Waals surface area contributed by atoms with Gasteiger partial charge in [0.2, 0.25) is 5.91 Å². The largest absolute Gasteiger partial charge is 0.368 e. The maximum Gasteiger partial charge on any atom is 0.224 e. The number of piperazine rings is 2. The van der Waals surface area contributed by atoms with Gasteiger partial charge in [-0.3, -0.25) is 9.69 Å². The van der Waals surface area contributed by atoms with E-state index in [0.717, 1.165) is 45.0 Å². The van der Waals surface area contributed by atoms with E-state index < -0.39 is 5.82 Å². The molecule has 0 aliphatic carbocycles. The van der Waals surface area contributed by atoms with Crippen LogP contribution >= 0.6 is 11.6 Å². The molecule has 144 valence electrons. The fraction of sp³-hybridized carbons (Fsp3) is 0.632. The third kappa shape index (κ3) is 4.48. The zero-order valence-electron chi connectivity index (χ0n) is 15.6. The summed E-state index contributed by atoms with van der Waals surface area (Å²) >= 11 is 5.88. The Hall–Kier alpha value is -1.37. The fourth-order valence-electron chi connectivity index (χ4n) is 3.76. The van der Waals surface area contributed by atoms with E-state index in [0.29, 0.717) is 19.5 Å². The van der Waals surface area contributed by atoms with Gasteiger partial charge in [-0.05, 0) is 32.0 Å². The highest BCUT2D eigenvalue weighted by Gasteiger charge is 2.32. The fourth-order valence-corrected chi connectivity index (χ4v) is 3.93. The van der Waals surface area contributed by atoms with E-state index in [-0.39, 0.29) is 16.5 Å². The van der Waals surface area contributed by atoms with E-state index in [1.807, 2.05) is 4.90 Å². The smallest absolute Gasteiger partial charge is 0.224 e. The Bertz CT molecular complexity index is 640. The lowest BCUT2D eigenvalue weighted by molar-refractivity contribution is -0.134. The lowest BCUT2D eigenvalue weighted by Gasteiger charge is -2.43. The molecule has 0 spiro atoms. The van der Waals surface area contributed by atoms with Crippen LogP contribution in [0.3, 0.4) is 0 Å². The molecule has 2 saturated heterocycles. The maximum absolute atomic E-state index is 13.3. The molecule has 0 aromatic heterocycles. The van der Waals surface area contributed by atoms with Gasteiger partial charge in [-0.25, -0.2) is 4.39 Å². The van der Waals surface area contributed by atoms with Crippen molar-refractivity contribution in [3.63, 3.8) is 0 Å². The van der Waals surface area contributed by atoms with Crippen molar-refractivity contribution in [3.05, 3.63) is 29.0 Å². The van der Waals surface area contributed by atoms with Crippen LogP contribution in [0.5, 0.6) is 0 Å². The van der Waals surface area contributed by atoms with Crippen molar-refractivity contribution in [3.8, 4) is 0 Å². The minimum atomic E-state index is -0.403. The lowest BCUT2D eigenvalue weighted by Crippen LogP contribution is -2.56. The van der Waals surface area contributed by atoms with E-state index in [9.17, 15) is 9.18 Å². The highest BCUT2D eigenvalue weighted by atomic mass is 35.5. The predicted octanol–water partition coefficient (Wildman–Crippen LogP) is 2.20. The molecule has 2 heterocycles. The van der Waals surface area contributed by atoms with Gasteiger partial charge in [-0.1, -0.05) is 11.6 Å². The second kappa shape index (κ2) is 8.11. The Morgan fingerprint density at radius 3 is 2.42 bits per heavy atom. The third-order valence-electron chi connectivity index (χ3n) is 5.46. The molecular formula is C19H28ClFN4O. The molecule has 0 radical (unpaired) electrons. The summed E-state index contributed by atoms with van der Waals surface area (Å²) in [5.74, 6) is -0.190. The average Bonchev–Trinajstić information content (AvgIpc) is 2.64. The van der Waals surface area contributed by atoms with Gasteiger partial charge < -0.3 is 15.1 Å². The van der Waals surface area contributed by atoms with E-state index in [4.69, 9.17) is 11.6 Å². The minimum absolute atomic E-state index is 0.124. The highest BCUT2D eigenvalue weighted by Crippen LogP contribution is 2.25. The predicted molar refractivity (Wildman–Crippen MR) is 103 cm³/mol. The number of nitrogens with one attached hydrogen (secondary N) is 1. The number of halogens is 2. The lowest BCUT2D eigenvalue weighted by atomic mass is 9.96. The Morgan fingerprint density at radius 2 is 1.81 bits per heavy atom. The summed E-state index contributed by atoms with van der Waals surface area (Å²) < 4.78 is 13.3. The monoisotopic (exact) mass is 382 g/mol. The van der Waals surface area contributed by atoms with Crippen molar-refractivity contribution in [1.29, 1.82) is 0 Å². The van der Waals surface area contributed by atoms with Crippen molar-refractivity contribution >= 4 is 23.2 Å². The molecule has 0 bridgehead atoms. The molecule has 0 saturated carbocycles. The number of hydrogen-bond acceptors (Lipinski definition) is 4. The topological polar surface area (TPSA) is 38.8 Å². The van der Waals surface area contributed by atoms with Crippen molar-refractivity contribution in [2.75, 3.05) is 57.3 Å². The van der Waals surface area contributed by atoms with Gasteiger partial charge in [0.1, 0.15) is 5.82 Å². The highest BCUT2D eigenvalue weighted by molar-refractivity contribution is 6.31. The van der Waals surface area contributed by atoms with Gasteiger partial charge in [0.15, 0.2) is 0 Å². The summed E-state index contributed by atoms with van der Waals surface area (Å²) in [6.07, 6.45) is 0.537. The second-order valence-corrected chi connectivity index (χ2v) is 8.10. The zero-order valence-corrected chi connectivity index (χ0v) is 16.4. The number of carbonyl (C=O) groups excluding carboxylic acids is 1. The number of benzene rings is 1. The van der Waals surface area contributed by atoms with Crippen LogP contribution in [-0.2, 0) is 4.79 Å². The van der Waals surface area contributed by atoms with Crippen molar-refractivity contribution in [1.82, 2.24) is 15.1 Å². The molecule has 2 aliphatic heterocycles. The Labute approximate surface area is 160 Å². The molecule has 7 heteroatoms. The van der Waals surface area contributed by atoms with Crippen LogP contribution in [0.2, 0.25) is 5.02 Å². The van der Waals surface area contributed by atoms with Gasteiger partial charge in [-0.2, -0.15) is 0 Å². The minimum Gasteiger partial charge on any atom is -0.368 e. The van der Waals surface area contributed by atoms with Crippen molar-refractivity contribution in [2.24, 2.45) is 0 Å². The first-order chi connectivity index (χ1) is 12.4. The molecule has 1 amide bonds. The van der Waals surface area contributed by atoms with Crippen LogP contribution in [0.4, 0.5) is 10.1 Å². The molecule has 1 aromatic carbocycles.